The summed E-state index contributed by atoms with van der Waals surface area (Å²) in [5.41, 5.74) is 7.35. The summed E-state index contributed by atoms with van der Waals surface area (Å²) in [4.78, 5) is 11.8. The van der Waals surface area contributed by atoms with E-state index in [1.165, 1.54) is 0 Å². The lowest BCUT2D eigenvalue weighted by Crippen LogP contribution is -2.12. The van der Waals surface area contributed by atoms with Gasteiger partial charge in [-0.1, -0.05) is 29.5 Å². The summed E-state index contributed by atoms with van der Waals surface area (Å²) in [6.07, 6.45) is 1.76. The third-order valence-electron chi connectivity index (χ3n) is 2.62. The standard InChI is InChI=1S/C12H15N5O3S2/c1-22(19,20)17-12-16-15-11(21-12)14-10(18)7-6-8-4-2-3-5-9(8)13/h2-5H,6-7,13H2,1H3,(H,16,17)(H,14,15,18). The van der Waals surface area contributed by atoms with Crippen LogP contribution in [0, 0.1) is 0 Å². The second-order valence-corrected chi connectivity index (χ2v) is 7.26. The summed E-state index contributed by atoms with van der Waals surface area (Å²) in [6.45, 7) is 0. The zero-order valence-electron chi connectivity index (χ0n) is 11.7. The smallest absolute Gasteiger partial charge is 0.231 e. The predicted molar refractivity (Wildman–Crippen MR) is 86.2 cm³/mol. The number of para-hydroxylation sites is 1. The molecule has 8 nitrogen and oxygen atoms in total. The van der Waals surface area contributed by atoms with Gasteiger partial charge in [0.1, 0.15) is 0 Å². The molecule has 0 saturated heterocycles. The van der Waals surface area contributed by atoms with Crippen molar-refractivity contribution in [3.8, 4) is 0 Å². The van der Waals surface area contributed by atoms with Gasteiger partial charge in [0.05, 0.1) is 6.26 Å². The van der Waals surface area contributed by atoms with Gasteiger partial charge in [0, 0.05) is 12.1 Å². The Morgan fingerprint density at radius 2 is 1.95 bits per heavy atom. The maximum atomic E-state index is 11.8. The summed E-state index contributed by atoms with van der Waals surface area (Å²) in [5.74, 6) is -0.245. The quantitative estimate of drug-likeness (QED) is 0.674. The maximum absolute atomic E-state index is 11.8. The zero-order chi connectivity index (χ0) is 16.2. The third-order valence-corrected chi connectivity index (χ3v) is 4.07. The van der Waals surface area contributed by atoms with E-state index in [4.69, 9.17) is 5.73 Å². The van der Waals surface area contributed by atoms with E-state index in [9.17, 15) is 13.2 Å². The highest BCUT2D eigenvalue weighted by Gasteiger charge is 2.11. The van der Waals surface area contributed by atoms with E-state index in [1.807, 2.05) is 18.2 Å². The maximum Gasteiger partial charge on any atom is 0.231 e. The number of carbonyl (C=O) groups excluding carboxylic acids is 1. The average Bonchev–Trinajstić information content (AvgIpc) is 2.82. The lowest BCUT2D eigenvalue weighted by Gasteiger charge is -2.04. The van der Waals surface area contributed by atoms with Gasteiger partial charge in [-0.2, -0.15) is 0 Å². The fraction of sp³-hybridized carbons (Fsp3) is 0.250. The van der Waals surface area contributed by atoms with Crippen LogP contribution in [0.15, 0.2) is 24.3 Å². The van der Waals surface area contributed by atoms with E-state index in [1.54, 1.807) is 6.07 Å². The first-order valence-electron chi connectivity index (χ1n) is 6.28. The Morgan fingerprint density at radius 3 is 2.64 bits per heavy atom. The number of hydrogen-bond acceptors (Lipinski definition) is 7. The number of nitrogens with zero attached hydrogens (tertiary/aromatic N) is 2. The van der Waals surface area contributed by atoms with Crippen molar-refractivity contribution in [2.24, 2.45) is 0 Å². The Kier molecular flexibility index (Phi) is 4.93. The van der Waals surface area contributed by atoms with Gasteiger partial charge >= 0.3 is 0 Å². The van der Waals surface area contributed by atoms with Gasteiger partial charge in [0.25, 0.3) is 0 Å². The van der Waals surface area contributed by atoms with Crippen LogP contribution in [0.1, 0.15) is 12.0 Å². The molecule has 0 aliphatic carbocycles. The molecule has 1 heterocycles. The van der Waals surface area contributed by atoms with E-state index in [-0.39, 0.29) is 22.6 Å². The molecular formula is C12H15N5O3S2. The van der Waals surface area contributed by atoms with Crippen LogP contribution in [-0.4, -0.2) is 30.8 Å². The SMILES string of the molecule is CS(=O)(=O)Nc1nnc(NC(=O)CCc2ccccc2N)s1. The molecule has 4 N–H and O–H groups in total. The van der Waals surface area contributed by atoms with Crippen LogP contribution in [0.25, 0.3) is 0 Å². The van der Waals surface area contributed by atoms with Gasteiger partial charge in [-0.15, -0.1) is 10.2 Å². The summed E-state index contributed by atoms with van der Waals surface area (Å²) in [5, 5.41) is 10.2. The van der Waals surface area contributed by atoms with E-state index < -0.39 is 10.0 Å². The van der Waals surface area contributed by atoms with Crippen LogP contribution in [0.5, 0.6) is 0 Å². The number of benzene rings is 1. The van der Waals surface area contributed by atoms with Crippen molar-refractivity contribution in [1.82, 2.24) is 10.2 Å². The first-order valence-corrected chi connectivity index (χ1v) is 8.99. The summed E-state index contributed by atoms with van der Waals surface area (Å²) in [7, 11) is -3.41. The molecule has 0 bridgehead atoms. The molecule has 1 amide bonds. The first-order chi connectivity index (χ1) is 10.3. The Hall–Kier alpha value is -2.20. The number of hydrogen-bond donors (Lipinski definition) is 3. The van der Waals surface area contributed by atoms with Crippen molar-refractivity contribution in [2.75, 3.05) is 22.0 Å². The summed E-state index contributed by atoms with van der Waals surface area (Å²) >= 11 is 0.944. The highest BCUT2D eigenvalue weighted by molar-refractivity contribution is 7.92. The van der Waals surface area contributed by atoms with Gasteiger partial charge in [-0.25, -0.2) is 8.42 Å². The molecule has 1 aromatic carbocycles. The summed E-state index contributed by atoms with van der Waals surface area (Å²) in [6, 6.07) is 7.33. The Balaban J connectivity index is 1.89. The minimum atomic E-state index is -3.41. The molecule has 22 heavy (non-hydrogen) atoms. The Bertz CT molecular complexity index is 773. The van der Waals surface area contributed by atoms with Crippen LogP contribution in [0.2, 0.25) is 0 Å². The number of anilines is 3. The molecule has 0 saturated carbocycles. The molecule has 118 valence electrons. The molecule has 0 aliphatic rings. The number of aromatic nitrogens is 2. The number of sulfonamides is 1. The number of aryl methyl sites for hydroxylation is 1. The van der Waals surface area contributed by atoms with E-state index in [0.717, 1.165) is 23.2 Å². The normalized spacial score (nSPS) is 11.1. The van der Waals surface area contributed by atoms with Crippen molar-refractivity contribution in [2.45, 2.75) is 12.8 Å². The lowest BCUT2D eigenvalue weighted by atomic mass is 10.1. The Labute approximate surface area is 131 Å². The van der Waals surface area contributed by atoms with Crippen LogP contribution >= 0.6 is 11.3 Å². The molecule has 0 aliphatic heterocycles. The molecular weight excluding hydrogens is 326 g/mol. The topological polar surface area (TPSA) is 127 Å². The highest BCUT2D eigenvalue weighted by Crippen LogP contribution is 2.21. The molecule has 0 fully saturated rings. The number of rotatable bonds is 6. The van der Waals surface area contributed by atoms with Gasteiger partial charge in [0.15, 0.2) is 0 Å². The molecule has 0 radical (unpaired) electrons. The number of nitrogens with two attached hydrogens (primary N) is 1. The van der Waals surface area contributed by atoms with Gasteiger partial charge in [-0.05, 0) is 18.1 Å². The predicted octanol–water partition coefficient (Wildman–Crippen LogP) is 1.06. The highest BCUT2D eigenvalue weighted by atomic mass is 32.2. The second-order valence-electron chi connectivity index (χ2n) is 4.53. The zero-order valence-corrected chi connectivity index (χ0v) is 13.4. The number of nitrogen functional groups attached to an aromatic ring is 1. The van der Waals surface area contributed by atoms with Gasteiger partial charge in [-0.3, -0.25) is 9.52 Å². The monoisotopic (exact) mass is 341 g/mol. The average molecular weight is 341 g/mol. The minimum absolute atomic E-state index is 0.102. The fourth-order valence-corrected chi connectivity index (χ4v) is 3.16. The number of nitrogens with one attached hydrogen (secondary N) is 2. The minimum Gasteiger partial charge on any atom is -0.399 e. The molecule has 1 aromatic heterocycles. The van der Waals surface area contributed by atoms with Crippen LogP contribution in [-0.2, 0) is 21.2 Å². The second kappa shape index (κ2) is 6.71. The molecule has 0 spiro atoms. The molecule has 2 rings (SSSR count). The third kappa shape index (κ3) is 4.97. The van der Waals surface area contributed by atoms with Crippen LogP contribution in [0.3, 0.4) is 0 Å². The van der Waals surface area contributed by atoms with Crippen molar-refractivity contribution >= 4 is 43.2 Å². The van der Waals surface area contributed by atoms with E-state index in [2.05, 4.69) is 20.2 Å². The van der Waals surface area contributed by atoms with Crippen molar-refractivity contribution in [1.29, 1.82) is 0 Å². The van der Waals surface area contributed by atoms with Crippen LogP contribution < -0.4 is 15.8 Å². The van der Waals surface area contributed by atoms with Crippen molar-refractivity contribution in [3.63, 3.8) is 0 Å². The summed E-state index contributed by atoms with van der Waals surface area (Å²) < 4.78 is 24.3. The number of carbonyl (C=O) groups is 1. The van der Waals surface area contributed by atoms with Crippen molar-refractivity contribution < 1.29 is 13.2 Å². The van der Waals surface area contributed by atoms with Crippen LogP contribution in [0.4, 0.5) is 16.0 Å². The van der Waals surface area contributed by atoms with Gasteiger partial charge in [0.2, 0.25) is 26.2 Å². The largest absolute Gasteiger partial charge is 0.399 e. The molecule has 0 unspecified atom stereocenters. The number of amides is 1. The lowest BCUT2D eigenvalue weighted by molar-refractivity contribution is -0.116. The molecule has 10 heteroatoms. The van der Waals surface area contributed by atoms with E-state index >= 15 is 0 Å². The fourth-order valence-electron chi connectivity index (χ4n) is 1.67. The van der Waals surface area contributed by atoms with E-state index in [0.29, 0.717) is 12.1 Å². The molecule has 2 aromatic rings. The van der Waals surface area contributed by atoms with Crippen molar-refractivity contribution in [3.05, 3.63) is 29.8 Å². The Morgan fingerprint density at radius 1 is 1.27 bits per heavy atom. The molecule has 0 atom stereocenters. The first kappa shape index (κ1) is 16.2. The van der Waals surface area contributed by atoms with Gasteiger partial charge < -0.3 is 11.1 Å².